The predicted molar refractivity (Wildman–Crippen MR) is 74.3 cm³/mol. The van der Waals surface area contributed by atoms with Crippen LogP contribution in [-0.2, 0) is 19.1 Å². The van der Waals surface area contributed by atoms with Crippen molar-refractivity contribution >= 4 is 11.9 Å². The largest absolute Gasteiger partial charge is 0.460 e. The molecular formula is C15H24O4. The van der Waals surface area contributed by atoms with Gasteiger partial charge in [-0.05, 0) is 25.3 Å². The first kappa shape index (κ1) is 17.4. The van der Waals surface area contributed by atoms with E-state index in [0.29, 0.717) is 12.5 Å². The number of unbranched alkanes of at least 4 members (excludes halogenated alkanes) is 1. The minimum atomic E-state index is -0.664. The Morgan fingerprint density at radius 3 is 2.47 bits per heavy atom. The number of rotatable bonds is 9. The third-order valence-electron chi connectivity index (χ3n) is 2.83. The van der Waals surface area contributed by atoms with E-state index in [1.54, 1.807) is 6.92 Å². The van der Waals surface area contributed by atoms with Gasteiger partial charge in [-0.1, -0.05) is 39.7 Å². The third kappa shape index (κ3) is 7.44. The van der Waals surface area contributed by atoms with Gasteiger partial charge in [-0.25, -0.2) is 9.59 Å². The van der Waals surface area contributed by atoms with Crippen molar-refractivity contribution in [3.8, 4) is 0 Å². The van der Waals surface area contributed by atoms with Crippen molar-refractivity contribution in [2.45, 2.75) is 46.5 Å². The van der Waals surface area contributed by atoms with E-state index in [0.717, 1.165) is 31.8 Å². The highest BCUT2D eigenvalue weighted by atomic mass is 16.6. The van der Waals surface area contributed by atoms with Crippen molar-refractivity contribution < 1.29 is 19.1 Å². The summed E-state index contributed by atoms with van der Waals surface area (Å²) in [4.78, 5) is 22.8. The Labute approximate surface area is 115 Å². The standard InChI is InChI=1S/C15H24O4/c1-5-9-10-12(6-2)11-18-15(17)13(7-3)19-14(16)8-4/h7-8,12H,4-6,9-11H2,1-3H3/b13-7+. The van der Waals surface area contributed by atoms with Crippen LogP contribution in [0.3, 0.4) is 0 Å². The van der Waals surface area contributed by atoms with E-state index in [4.69, 9.17) is 9.47 Å². The van der Waals surface area contributed by atoms with Crippen LogP contribution in [0.25, 0.3) is 0 Å². The molecule has 0 spiro atoms. The molecule has 1 unspecified atom stereocenters. The Morgan fingerprint density at radius 1 is 1.32 bits per heavy atom. The van der Waals surface area contributed by atoms with Gasteiger partial charge < -0.3 is 9.47 Å². The van der Waals surface area contributed by atoms with E-state index in [-0.39, 0.29) is 5.76 Å². The molecule has 0 fully saturated rings. The van der Waals surface area contributed by atoms with Crippen LogP contribution in [0.5, 0.6) is 0 Å². The van der Waals surface area contributed by atoms with Gasteiger partial charge in [0, 0.05) is 6.08 Å². The molecule has 0 amide bonds. The fourth-order valence-corrected chi connectivity index (χ4v) is 1.53. The van der Waals surface area contributed by atoms with Crippen LogP contribution in [-0.4, -0.2) is 18.5 Å². The lowest BCUT2D eigenvalue weighted by molar-refractivity contribution is -0.150. The average molecular weight is 268 g/mol. The van der Waals surface area contributed by atoms with Crippen LogP contribution in [0.1, 0.15) is 46.5 Å². The van der Waals surface area contributed by atoms with E-state index in [9.17, 15) is 9.59 Å². The SMILES string of the molecule is C=CC(=O)O/C(=C/C)C(=O)OCC(CC)CCCC. The Hall–Kier alpha value is -1.58. The molecule has 108 valence electrons. The molecular weight excluding hydrogens is 244 g/mol. The number of carbonyl (C=O) groups excluding carboxylic acids is 2. The molecule has 4 heteroatoms. The van der Waals surface area contributed by atoms with Crippen LogP contribution in [0.2, 0.25) is 0 Å². The summed E-state index contributed by atoms with van der Waals surface area (Å²) in [6, 6.07) is 0. The first-order valence-electron chi connectivity index (χ1n) is 6.76. The quantitative estimate of drug-likeness (QED) is 0.365. The van der Waals surface area contributed by atoms with Crippen molar-refractivity contribution in [3.05, 3.63) is 24.5 Å². The summed E-state index contributed by atoms with van der Waals surface area (Å²) in [5, 5.41) is 0. The van der Waals surface area contributed by atoms with Crippen LogP contribution < -0.4 is 0 Å². The summed E-state index contributed by atoms with van der Waals surface area (Å²) < 4.78 is 9.96. The molecule has 0 aliphatic rings. The number of ether oxygens (including phenoxy) is 2. The number of hydrogen-bond donors (Lipinski definition) is 0. The molecule has 1 atom stereocenters. The van der Waals surface area contributed by atoms with Gasteiger partial charge in [0.2, 0.25) is 5.76 Å². The highest BCUT2D eigenvalue weighted by Crippen LogP contribution is 2.14. The maximum atomic E-state index is 11.7. The summed E-state index contributed by atoms with van der Waals surface area (Å²) in [7, 11) is 0. The highest BCUT2D eigenvalue weighted by Gasteiger charge is 2.16. The first-order chi connectivity index (χ1) is 9.08. The molecule has 0 aromatic rings. The van der Waals surface area contributed by atoms with Crippen LogP contribution in [0, 0.1) is 5.92 Å². The van der Waals surface area contributed by atoms with Gasteiger partial charge in [0.1, 0.15) is 0 Å². The van der Waals surface area contributed by atoms with E-state index >= 15 is 0 Å². The molecule has 0 aromatic carbocycles. The molecule has 0 radical (unpaired) electrons. The minimum Gasteiger partial charge on any atom is -0.460 e. The second-order valence-corrected chi connectivity index (χ2v) is 4.29. The molecule has 4 nitrogen and oxygen atoms in total. The van der Waals surface area contributed by atoms with Gasteiger partial charge in [0.15, 0.2) is 0 Å². The van der Waals surface area contributed by atoms with Crippen LogP contribution in [0.4, 0.5) is 0 Å². The van der Waals surface area contributed by atoms with Crippen LogP contribution in [0.15, 0.2) is 24.5 Å². The van der Waals surface area contributed by atoms with Gasteiger partial charge in [-0.3, -0.25) is 0 Å². The lowest BCUT2D eigenvalue weighted by Gasteiger charge is -2.15. The lowest BCUT2D eigenvalue weighted by Crippen LogP contribution is -2.18. The van der Waals surface area contributed by atoms with Gasteiger partial charge in [-0.2, -0.15) is 0 Å². The molecule has 0 bridgehead atoms. The molecule has 19 heavy (non-hydrogen) atoms. The van der Waals surface area contributed by atoms with E-state index < -0.39 is 11.9 Å². The Kier molecular flexibility index (Phi) is 9.49. The minimum absolute atomic E-state index is 0.0877. The second kappa shape index (κ2) is 10.4. The Balaban J connectivity index is 4.26. The third-order valence-corrected chi connectivity index (χ3v) is 2.83. The number of carbonyl (C=O) groups is 2. The van der Waals surface area contributed by atoms with Crippen molar-refractivity contribution in [2.24, 2.45) is 5.92 Å². The summed E-state index contributed by atoms with van der Waals surface area (Å²) in [5.74, 6) is -0.997. The molecule has 0 N–H and O–H groups in total. The van der Waals surface area contributed by atoms with E-state index in [1.165, 1.54) is 6.08 Å². The van der Waals surface area contributed by atoms with Crippen molar-refractivity contribution in [1.29, 1.82) is 0 Å². The van der Waals surface area contributed by atoms with Crippen molar-refractivity contribution in [3.63, 3.8) is 0 Å². The summed E-state index contributed by atoms with van der Waals surface area (Å²) in [6.45, 7) is 9.45. The molecule has 0 aromatic heterocycles. The molecule has 0 rings (SSSR count). The topological polar surface area (TPSA) is 52.6 Å². The normalized spacial score (nSPS) is 12.7. The monoisotopic (exact) mass is 268 g/mol. The molecule has 0 saturated heterocycles. The molecule has 0 heterocycles. The Morgan fingerprint density at radius 2 is 2.00 bits per heavy atom. The fourth-order valence-electron chi connectivity index (χ4n) is 1.53. The number of allylic oxidation sites excluding steroid dienone is 1. The predicted octanol–water partition coefficient (Wildman–Crippen LogP) is 3.38. The second-order valence-electron chi connectivity index (χ2n) is 4.29. The number of hydrogen-bond acceptors (Lipinski definition) is 4. The summed E-state index contributed by atoms with van der Waals surface area (Å²) in [6.07, 6.45) is 6.67. The molecule has 0 saturated carbocycles. The van der Waals surface area contributed by atoms with Gasteiger partial charge in [-0.15, -0.1) is 0 Å². The van der Waals surface area contributed by atoms with Crippen LogP contribution >= 0.6 is 0 Å². The zero-order valence-electron chi connectivity index (χ0n) is 12.1. The summed E-state index contributed by atoms with van der Waals surface area (Å²) >= 11 is 0. The maximum Gasteiger partial charge on any atom is 0.374 e. The number of esters is 2. The van der Waals surface area contributed by atoms with Gasteiger partial charge in [0.05, 0.1) is 6.61 Å². The van der Waals surface area contributed by atoms with Gasteiger partial charge in [0.25, 0.3) is 0 Å². The average Bonchev–Trinajstić information content (AvgIpc) is 2.44. The van der Waals surface area contributed by atoms with Gasteiger partial charge >= 0.3 is 11.9 Å². The zero-order chi connectivity index (χ0) is 14.7. The lowest BCUT2D eigenvalue weighted by atomic mass is 10.0. The molecule has 0 aliphatic carbocycles. The van der Waals surface area contributed by atoms with E-state index in [2.05, 4.69) is 20.4 Å². The zero-order valence-corrected chi connectivity index (χ0v) is 12.1. The highest BCUT2D eigenvalue weighted by molar-refractivity contribution is 5.92. The first-order valence-corrected chi connectivity index (χ1v) is 6.76. The van der Waals surface area contributed by atoms with Crippen molar-refractivity contribution in [2.75, 3.05) is 6.61 Å². The summed E-state index contributed by atoms with van der Waals surface area (Å²) in [5.41, 5.74) is 0. The van der Waals surface area contributed by atoms with E-state index in [1.807, 2.05) is 0 Å². The Bertz CT molecular complexity index is 331. The smallest absolute Gasteiger partial charge is 0.374 e. The van der Waals surface area contributed by atoms with Crippen molar-refractivity contribution in [1.82, 2.24) is 0 Å². The fraction of sp³-hybridized carbons (Fsp3) is 0.600. The molecule has 0 aliphatic heterocycles. The maximum absolute atomic E-state index is 11.7.